The van der Waals surface area contributed by atoms with Crippen LogP contribution in [0.3, 0.4) is 0 Å². The third-order valence-electron chi connectivity index (χ3n) is 10.2. The van der Waals surface area contributed by atoms with Gasteiger partial charge in [0.25, 0.3) is 0 Å². The topological polar surface area (TPSA) is 246 Å². The van der Waals surface area contributed by atoms with E-state index in [1.807, 2.05) is 12.1 Å². The molecule has 316 valence electrons. The fraction of sp³-hybridized carbons (Fsp3) is 0.268. The Balaban J connectivity index is 1.10. The summed E-state index contributed by atoms with van der Waals surface area (Å²) in [6, 6.07) is 5.48. The smallest absolute Gasteiger partial charge is 0.222 e. The van der Waals surface area contributed by atoms with Gasteiger partial charge in [0, 0.05) is 102 Å². The van der Waals surface area contributed by atoms with E-state index in [9.17, 15) is 8.42 Å². The van der Waals surface area contributed by atoms with Crippen molar-refractivity contribution in [3.63, 3.8) is 0 Å². The van der Waals surface area contributed by atoms with Gasteiger partial charge in [0.15, 0.2) is 5.82 Å². The van der Waals surface area contributed by atoms with Crippen LogP contribution in [0.4, 0.5) is 17.3 Å². The quantitative estimate of drug-likeness (QED) is 0.0884. The molecule has 8 heterocycles. The van der Waals surface area contributed by atoms with Crippen molar-refractivity contribution in [2.75, 3.05) is 56.5 Å². The number of nitrogens with zero attached hydrogens (tertiary/aromatic N) is 10. The SMILES string of the molecule is COCCCS(=O)c1sc2nc(-c3cncnc3)cc(-c3cnc(-c4ccnc(-c5cc(-c6cnc(NCCOC)nc6)nc6sc(S(=O)C7CCC7)c(N)c56)n4)cn3)c2c1N. The zero-order chi connectivity index (χ0) is 42.7. The van der Waals surface area contributed by atoms with Crippen LogP contribution in [-0.2, 0) is 31.1 Å². The molecule has 1 aliphatic rings. The zero-order valence-electron chi connectivity index (χ0n) is 33.5. The van der Waals surface area contributed by atoms with Crippen LogP contribution in [0.1, 0.15) is 25.7 Å². The van der Waals surface area contributed by atoms with E-state index in [4.69, 9.17) is 50.8 Å². The molecule has 0 aromatic carbocycles. The fourth-order valence-corrected chi connectivity index (χ4v) is 12.7. The van der Waals surface area contributed by atoms with E-state index in [1.165, 1.54) is 29.0 Å². The average Bonchev–Trinajstić information content (AvgIpc) is 3.81. The number of rotatable bonds is 16. The zero-order valence-corrected chi connectivity index (χ0v) is 36.7. The Morgan fingerprint density at radius 1 is 0.726 bits per heavy atom. The van der Waals surface area contributed by atoms with Gasteiger partial charge < -0.3 is 26.3 Å². The lowest BCUT2D eigenvalue weighted by molar-refractivity contribution is 0.200. The fourth-order valence-electron chi connectivity index (χ4n) is 6.84. The Hall–Kier alpha value is -5.84. The second-order valence-electron chi connectivity index (χ2n) is 14.2. The molecule has 0 spiro atoms. The van der Waals surface area contributed by atoms with Crippen molar-refractivity contribution in [1.82, 2.24) is 49.8 Å². The molecule has 0 aliphatic heterocycles. The standard InChI is InChI=1S/C41H39N13O4S4/c1-57-10-4-12-61(55)39-34(42)32-25(13-28(53-37(32)59-39)22-15-44-21-45-16-22)30-19-49-31(20-48-30)27-7-8-46-36(52-27)26-14-29(23-17-50-41(51-18-23)47-9-11-58-2)54-38-33(26)35(43)40(60-38)62(56)24-5-3-6-24/h7-8,13-21,24H,3-6,9-12,42-43H2,1-2H3,(H,47,50,51). The summed E-state index contributed by atoms with van der Waals surface area (Å²) in [6.45, 7) is 1.56. The number of fused-ring (bicyclic) bond motifs is 2. The van der Waals surface area contributed by atoms with E-state index in [1.54, 1.807) is 63.7 Å². The number of thiophene rings is 2. The monoisotopic (exact) mass is 905 g/mol. The highest BCUT2D eigenvalue weighted by atomic mass is 32.2. The minimum atomic E-state index is -1.36. The summed E-state index contributed by atoms with van der Waals surface area (Å²) >= 11 is 2.62. The first-order chi connectivity index (χ1) is 30.3. The van der Waals surface area contributed by atoms with Crippen molar-refractivity contribution >= 4 is 82.0 Å². The van der Waals surface area contributed by atoms with Gasteiger partial charge >= 0.3 is 0 Å². The second kappa shape index (κ2) is 18.2. The van der Waals surface area contributed by atoms with Gasteiger partial charge in [-0.2, -0.15) is 0 Å². The summed E-state index contributed by atoms with van der Waals surface area (Å²) in [5.41, 5.74) is 19.7. The number of nitrogens with one attached hydrogen (secondary N) is 1. The average molecular weight is 906 g/mol. The Morgan fingerprint density at radius 2 is 1.37 bits per heavy atom. The molecule has 2 unspecified atom stereocenters. The highest BCUT2D eigenvalue weighted by Crippen LogP contribution is 2.45. The molecule has 2 atom stereocenters. The van der Waals surface area contributed by atoms with Gasteiger partial charge in [0.2, 0.25) is 5.95 Å². The number of nitrogen functional groups attached to an aromatic ring is 2. The molecule has 0 saturated heterocycles. The molecular formula is C41H39N13O4S4. The van der Waals surface area contributed by atoms with Crippen LogP contribution in [0, 0.1) is 0 Å². The van der Waals surface area contributed by atoms with E-state index in [-0.39, 0.29) is 5.25 Å². The van der Waals surface area contributed by atoms with Crippen molar-refractivity contribution in [3.05, 3.63) is 67.9 Å². The maximum absolute atomic E-state index is 13.7. The molecule has 62 heavy (non-hydrogen) atoms. The molecule has 1 aliphatic carbocycles. The van der Waals surface area contributed by atoms with Gasteiger partial charge in [0.1, 0.15) is 30.1 Å². The second-order valence-corrected chi connectivity index (χ2v) is 19.9. The van der Waals surface area contributed by atoms with Crippen molar-refractivity contribution in [1.29, 1.82) is 0 Å². The first kappa shape index (κ1) is 41.5. The van der Waals surface area contributed by atoms with Gasteiger partial charge in [0.05, 0.1) is 74.8 Å². The Kier molecular flexibility index (Phi) is 12.2. The number of pyridine rings is 2. The van der Waals surface area contributed by atoms with Crippen molar-refractivity contribution in [2.24, 2.45) is 0 Å². The molecule has 9 rings (SSSR count). The molecule has 0 bridgehead atoms. The number of aromatic nitrogens is 10. The van der Waals surface area contributed by atoms with Crippen LogP contribution in [-0.4, -0.2) is 103 Å². The number of anilines is 3. The predicted octanol–water partition coefficient (Wildman–Crippen LogP) is 6.43. The maximum atomic E-state index is 13.7. The van der Waals surface area contributed by atoms with Crippen molar-refractivity contribution in [2.45, 2.75) is 39.4 Å². The maximum Gasteiger partial charge on any atom is 0.222 e. The number of methoxy groups -OCH3 is 2. The van der Waals surface area contributed by atoms with Crippen LogP contribution >= 0.6 is 22.7 Å². The first-order valence-electron chi connectivity index (χ1n) is 19.5. The normalized spacial score (nSPS) is 14.0. The number of nitrogens with two attached hydrogens (primary N) is 2. The van der Waals surface area contributed by atoms with Crippen LogP contribution in [0.25, 0.3) is 77.0 Å². The number of hydrogen-bond acceptors (Lipinski definition) is 19. The summed E-state index contributed by atoms with van der Waals surface area (Å²) < 4.78 is 38.6. The summed E-state index contributed by atoms with van der Waals surface area (Å²) in [6.07, 6.45) is 16.6. The number of ether oxygens (including phenoxy) is 2. The molecule has 1 fully saturated rings. The Labute approximate surface area is 368 Å². The minimum Gasteiger partial charge on any atom is -0.396 e. The van der Waals surface area contributed by atoms with E-state index < -0.39 is 21.6 Å². The highest BCUT2D eigenvalue weighted by Gasteiger charge is 2.30. The molecule has 8 aromatic heterocycles. The van der Waals surface area contributed by atoms with Crippen LogP contribution in [0.5, 0.6) is 0 Å². The number of hydrogen-bond donors (Lipinski definition) is 3. The van der Waals surface area contributed by atoms with Gasteiger partial charge in [-0.1, -0.05) is 6.42 Å². The van der Waals surface area contributed by atoms with Crippen molar-refractivity contribution < 1.29 is 17.9 Å². The molecule has 8 aromatic rings. The third kappa shape index (κ3) is 8.26. The first-order valence-corrected chi connectivity index (χ1v) is 23.7. The van der Waals surface area contributed by atoms with Crippen LogP contribution < -0.4 is 16.8 Å². The van der Waals surface area contributed by atoms with E-state index in [2.05, 4.69) is 25.3 Å². The molecular weight excluding hydrogens is 867 g/mol. The highest BCUT2D eigenvalue weighted by molar-refractivity contribution is 7.88. The summed E-state index contributed by atoms with van der Waals surface area (Å²) in [7, 11) is 0.616. The lowest BCUT2D eigenvalue weighted by atomic mass is 10.0. The molecule has 21 heteroatoms. The Bertz CT molecular complexity index is 2950. The lowest BCUT2D eigenvalue weighted by Gasteiger charge is -2.23. The molecule has 5 N–H and O–H groups in total. The van der Waals surface area contributed by atoms with E-state index in [0.29, 0.717) is 135 Å². The third-order valence-corrected chi connectivity index (χ3v) is 16.5. The Morgan fingerprint density at radius 3 is 2.05 bits per heavy atom. The largest absolute Gasteiger partial charge is 0.396 e. The van der Waals surface area contributed by atoms with Gasteiger partial charge in [-0.3, -0.25) is 18.4 Å². The summed E-state index contributed by atoms with van der Waals surface area (Å²) in [5.74, 6) is 1.23. The van der Waals surface area contributed by atoms with Crippen molar-refractivity contribution in [3.8, 4) is 56.5 Å². The van der Waals surface area contributed by atoms with Gasteiger partial charge in [-0.25, -0.2) is 39.9 Å². The lowest BCUT2D eigenvalue weighted by Crippen LogP contribution is -2.23. The van der Waals surface area contributed by atoms with E-state index >= 15 is 0 Å². The van der Waals surface area contributed by atoms with Gasteiger partial charge in [-0.05, 0) is 37.5 Å². The summed E-state index contributed by atoms with van der Waals surface area (Å²) in [5, 5.41) is 4.47. The predicted molar refractivity (Wildman–Crippen MR) is 243 cm³/mol. The van der Waals surface area contributed by atoms with Gasteiger partial charge in [-0.15, -0.1) is 22.7 Å². The van der Waals surface area contributed by atoms with Crippen LogP contribution in [0.2, 0.25) is 0 Å². The molecule has 1 saturated carbocycles. The minimum absolute atomic E-state index is 0.0661. The van der Waals surface area contributed by atoms with E-state index in [0.717, 1.165) is 19.3 Å². The molecule has 0 amide bonds. The molecule has 0 radical (unpaired) electrons. The summed E-state index contributed by atoms with van der Waals surface area (Å²) in [4.78, 5) is 47.7. The molecule has 17 nitrogen and oxygen atoms in total. The van der Waals surface area contributed by atoms with Crippen LogP contribution in [0.15, 0.2) is 76.3 Å².